The first-order valence-corrected chi connectivity index (χ1v) is 5.20. The van der Waals surface area contributed by atoms with Crippen molar-refractivity contribution in [2.45, 2.75) is 6.61 Å². The summed E-state index contributed by atoms with van der Waals surface area (Å²) in [5, 5.41) is 0.694. The Morgan fingerprint density at radius 2 is 2.06 bits per heavy atom. The van der Waals surface area contributed by atoms with Gasteiger partial charge in [-0.1, -0.05) is 29.8 Å². The molecule has 2 N–H and O–H groups in total. The smallest absolute Gasteiger partial charge is 0.140 e. The summed E-state index contributed by atoms with van der Waals surface area (Å²) in [7, 11) is 0. The molecule has 2 aromatic rings. The number of hydrogen-bond donors (Lipinski definition) is 1. The van der Waals surface area contributed by atoms with E-state index in [1.807, 2.05) is 24.3 Å². The predicted molar refractivity (Wildman–Crippen MR) is 64.4 cm³/mol. The highest BCUT2D eigenvalue weighted by Crippen LogP contribution is 2.18. The van der Waals surface area contributed by atoms with Crippen LogP contribution >= 0.6 is 11.6 Å². The molecule has 0 bridgehead atoms. The highest BCUT2D eigenvalue weighted by molar-refractivity contribution is 6.31. The molecule has 82 valence electrons. The lowest BCUT2D eigenvalue weighted by molar-refractivity contribution is 0.305. The molecular weight excluding hydrogens is 224 g/mol. The van der Waals surface area contributed by atoms with Gasteiger partial charge < -0.3 is 10.5 Å². The molecule has 0 aliphatic carbocycles. The topological polar surface area (TPSA) is 48.1 Å². The first-order valence-electron chi connectivity index (χ1n) is 4.82. The van der Waals surface area contributed by atoms with E-state index in [-0.39, 0.29) is 0 Å². The van der Waals surface area contributed by atoms with Gasteiger partial charge in [0.1, 0.15) is 12.4 Å². The number of nitrogens with zero attached hydrogens (tertiary/aromatic N) is 1. The number of hydrogen-bond acceptors (Lipinski definition) is 3. The van der Waals surface area contributed by atoms with E-state index in [0.29, 0.717) is 23.1 Å². The summed E-state index contributed by atoms with van der Waals surface area (Å²) in [6.45, 7) is 0.408. The first-order chi connectivity index (χ1) is 7.75. The van der Waals surface area contributed by atoms with Crippen molar-refractivity contribution in [1.29, 1.82) is 0 Å². The second-order valence-electron chi connectivity index (χ2n) is 3.33. The van der Waals surface area contributed by atoms with Crippen molar-refractivity contribution in [3.8, 4) is 5.75 Å². The molecule has 2 rings (SSSR count). The molecule has 0 saturated carbocycles. The van der Waals surface area contributed by atoms with E-state index in [1.165, 1.54) is 0 Å². The maximum atomic E-state index is 6.00. The molecule has 0 atom stereocenters. The van der Waals surface area contributed by atoms with Gasteiger partial charge in [0, 0.05) is 16.7 Å². The van der Waals surface area contributed by atoms with Crippen LogP contribution in [0.25, 0.3) is 0 Å². The van der Waals surface area contributed by atoms with Crippen LogP contribution in [0.5, 0.6) is 5.75 Å². The first kappa shape index (κ1) is 10.8. The van der Waals surface area contributed by atoms with Crippen LogP contribution in [0.2, 0.25) is 5.02 Å². The molecule has 4 heteroatoms. The number of ether oxygens (including phenoxy) is 1. The lowest BCUT2D eigenvalue weighted by Gasteiger charge is -2.07. The van der Waals surface area contributed by atoms with Crippen LogP contribution in [0.3, 0.4) is 0 Å². The number of rotatable bonds is 3. The molecule has 0 radical (unpaired) electrons. The number of aromatic nitrogens is 1. The maximum Gasteiger partial charge on any atom is 0.140 e. The summed E-state index contributed by atoms with van der Waals surface area (Å²) in [4.78, 5) is 3.94. The Bertz CT molecular complexity index is 488. The van der Waals surface area contributed by atoms with Crippen molar-refractivity contribution < 1.29 is 4.74 Å². The van der Waals surface area contributed by atoms with Crippen LogP contribution in [0.1, 0.15) is 5.56 Å². The van der Waals surface area contributed by atoms with Gasteiger partial charge in [-0.3, -0.25) is 4.98 Å². The standard InChI is InChI=1S/C12H11ClN2O/c13-12-4-2-1-3-9(12)8-16-11-5-10(14)6-15-7-11/h1-7H,8,14H2. The van der Waals surface area contributed by atoms with E-state index >= 15 is 0 Å². The van der Waals surface area contributed by atoms with Gasteiger partial charge in [-0.05, 0) is 6.07 Å². The van der Waals surface area contributed by atoms with Gasteiger partial charge in [-0.2, -0.15) is 0 Å². The van der Waals surface area contributed by atoms with Crippen molar-refractivity contribution in [1.82, 2.24) is 4.98 Å². The summed E-state index contributed by atoms with van der Waals surface area (Å²) < 4.78 is 5.53. The molecule has 1 heterocycles. The van der Waals surface area contributed by atoms with Gasteiger partial charge in [0.15, 0.2) is 0 Å². The number of nitrogen functional groups attached to an aromatic ring is 1. The van der Waals surface area contributed by atoms with E-state index in [9.17, 15) is 0 Å². The summed E-state index contributed by atoms with van der Waals surface area (Å²) >= 11 is 6.00. The number of halogens is 1. The van der Waals surface area contributed by atoms with Crippen molar-refractivity contribution >= 4 is 17.3 Å². The molecule has 0 amide bonds. The predicted octanol–water partition coefficient (Wildman–Crippen LogP) is 2.90. The number of pyridine rings is 1. The van der Waals surface area contributed by atoms with Crippen LogP contribution in [0.15, 0.2) is 42.7 Å². The third kappa shape index (κ3) is 2.64. The van der Waals surface area contributed by atoms with E-state index in [4.69, 9.17) is 22.1 Å². The fraction of sp³-hybridized carbons (Fsp3) is 0.0833. The minimum Gasteiger partial charge on any atom is -0.487 e. The lowest BCUT2D eigenvalue weighted by atomic mass is 10.2. The largest absolute Gasteiger partial charge is 0.487 e. The van der Waals surface area contributed by atoms with Gasteiger partial charge >= 0.3 is 0 Å². The summed E-state index contributed by atoms with van der Waals surface area (Å²) in [5.41, 5.74) is 7.11. The molecule has 0 aliphatic heterocycles. The van der Waals surface area contributed by atoms with Gasteiger partial charge in [-0.15, -0.1) is 0 Å². The van der Waals surface area contributed by atoms with E-state index in [0.717, 1.165) is 5.56 Å². The zero-order valence-corrected chi connectivity index (χ0v) is 9.32. The van der Waals surface area contributed by atoms with E-state index in [2.05, 4.69) is 4.98 Å². The fourth-order valence-electron chi connectivity index (χ4n) is 1.29. The second-order valence-corrected chi connectivity index (χ2v) is 3.74. The van der Waals surface area contributed by atoms with Crippen LogP contribution in [0.4, 0.5) is 5.69 Å². The zero-order chi connectivity index (χ0) is 11.4. The van der Waals surface area contributed by atoms with Gasteiger partial charge in [0.05, 0.1) is 18.1 Å². The summed E-state index contributed by atoms with van der Waals surface area (Å²) in [6.07, 6.45) is 3.19. The fourth-order valence-corrected chi connectivity index (χ4v) is 1.48. The Balaban J connectivity index is 2.05. The minimum atomic E-state index is 0.408. The maximum absolute atomic E-state index is 6.00. The molecule has 0 fully saturated rings. The van der Waals surface area contributed by atoms with Crippen molar-refractivity contribution in [3.63, 3.8) is 0 Å². The third-order valence-corrected chi connectivity index (χ3v) is 2.46. The van der Waals surface area contributed by atoms with Gasteiger partial charge in [0.25, 0.3) is 0 Å². The van der Waals surface area contributed by atoms with E-state index in [1.54, 1.807) is 18.5 Å². The minimum absolute atomic E-state index is 0.408. The average Bonchev–Trinajstić information content (AvgIpc) is 2.28. The molecule has 1 aromatic heterocycles. The SMILES string of the molecule is Nc1cncc(OCc2ccccc2Cl)c1. The average molecular weight is 235 g/mol. The molecule has 1 aromatic carbocycles. The lowest BCUT2D eigenvalue weighted by Crippen LogP contribution is -1.97. The van der Waals surface area contributed by atoms with Crippen LogP contribution in [0, 0.1) is 0 Å². The monoisotopic (exact) mass is 234 g/mol. The quantitative estimate of drug-likeness (QED) is 0.888. The molecule has 3 nitrogen and oxygen atoms in total. The molecular formula is C12H11ClN2O. The van der Waals surface area contributed by atoms with Crippen molar-refractivity contribution in [2.24, 2.45) is 0 Å². The number of nitrogens with two attached hydrogens (primary N) is 1. The Morgan fingerprint density at radius 3 is 2.81 bits per heavy atom. The van der Waals surface area contributed by atoms with Crippen molar-refractivity contribution in [2.75, 3.05) is 5.73 Å². The normalized spacial score (nSPS) is 10.1. The highest BCUT2D eigenvalue weighted by Gasteiger charge is 2.00. The Hall–Kier alpha value is -1.74. The Labute approximate surface area is 98.8 Å². The van der Waals surface area contributed by atoms with Crippen LogP contribution < -0.4 is 10.5 Å². The van der Waals surface area contributed by atoms with Crippen molar-refractivity contribution in [3.05, 3.63) is 53.3 Å². The molecule has 16 heavy (non-hydrogen) atoms. The molecule has 0 aliphatic rings. The number of benzene rings is 1. The van der Waals surface area contributed by atoms with Gasteiger partial charge in [-0.25, -0.2) is 0 Å². The van der Waals surface area contributed by atoms with Crippen LogP contribution in [-0.4, -0.2) is 4.98 Å². The van der Waals surface area contributed by atoms with Gasteiger partial charge in [0.2, 0.25) is 0 Å². The highest BCUT2D eigenvalue weighted by atomic mass is 35.5. The Kier molecular flexibility index (Phi) is 3.27. The van der Waals surface area contributed by atoms with E-state index < -0.39 is 0 Å². The summed E-state index contributed by atoms with van der Waals surface area (Å²) in [5.74, 6) is 0.639. The van der Waals surface area contributed by atoms with Crippen LogP contribution in [-0.2, 0) is 6.61 Å². The molecule has 0 unspecified atom stereocenters. The number of anilines is 1. The third-order valence-electron chi connectivity index (χ3n) is 2.09. The molecule has 0 saturated heterocycles. The zero-order valence-electron chi connectivity index (χ0n) is 8.56. The Morgan fingerprint density at radius 1 is 1.25 bits per heavy atom. The molecule has 0 spiro atoms. The summed E-state index contributed by atoms with van der Waals surface area (Å²) in [6, 6.07) is 9.28. The second kappa shape index (κ2) is 4.86.